The molecule has 0 amide bonds. The summed E-state index contributed by atoms with van der Waals surface area (Å²) >= 11 is -0.250. The van der Waals surface area contributed by atoms with E-state index in [0.29, 0.717) is 5.69 Å². The van der Waals surface area contributed by atoms with Crippen LogP contribution >= 0.6 is 0 Å². The number of rotatable bonds is 0. The molecule has 1 aromatic rings. The van der Waals surface area contributed by atoms with E-state index in [1.807, 2.05) is 6.07 Å². The quantitative estimate of drug-likeness (QED) is 0.624. The predicted octanol–water partition coefficient (Wildman–Crippen LogP) is 0.915. The van der Waals surface area contributed by atoms with Crippen molar-refractivity contribution < 1.29 is 4.21 Å². The van der Waals surface area contributed by atoms with Gasteiger partial charge in [-0.3, -0.25) is 0 Å². The van der Waals surface area contributed by atoms with Gasteiger partial charge in [0.15, 0.2) is 11.5 Å². The first-order valence-corrected chi connectivity index (χ1v) is 3.36. The van der Waals surface area contributed by atoms with Crippen LogP contribution in [-0.2, 0) is 11.5 Å². The van der Waals surface area contributed by atoms with E-state index < -0.39 is 0 Å². The maximum absolute atomic E-state index is 8.51. The molecule has 0 saturated carbocycles. The molecule has 1 rings (SSSR count). The second-order valence-electron chi connectivity index (χ2n) is 1.41. The summed E-state index contributed by atoms with van der Waals surface area (Å²) in [4.78, 5) is 3.74. The Morgan fingerprint density at radius 3 is 2.55 bits per heavy atom. The molecule has 0 unspecified atom stereocenters. The van der Waals surface area contributed by atoms with Crippen molar-refractivity contribution in [2.45, 2.75) is 0 Å². The third-order valence-corrected chi connectivity index (χ3v) is 0.779. The maximum Gasteiger partial charge on any atom is 0.196 e. The fourth-order valence-electron chi connectivity index (χ4n) is 0.429. The van der Waals surface area contributed by atoms with E-state index >= 15 is 0 Å². The molecular formula is C6H5N3OS. The summed E-state index contributed by atoms with van der Waals surface area (Å²) in [5, 5.41) is 8.23. The molecule has 11 heavy (non-hydrogen) atoms. The minimum atomic E-state index is -0.250. The molecule has 56 valence electrons. The first-order valence-electron chi connectivity index (χ1n) is 2.61. The summed E-state index contributed by atoms with van der Waals surface area (Å²) in [7, 11) is 0. The highest BCUT2D eigenvalue weighted by molar-refractivity contribution is 7.53. The molecule has 0 fully saturated rings. The third-order valence-electron chi connectivity index (χ3n) is 0.779. The van der Waals surface area contributed by atoms with Crippen LogP contribution in [0.2, 0.25) is 0 Å². The van der Waals surface area contributed by atoms with E-state index in [1.165, 1.54) is 0 Å². The fraction of sp³-hybridized carbons (Fsp3) is 0. The molecule has 0 bridgehead atoms. The van der Waals surface area contributed by atoms with Gasteiger partial charge in [0.25, 0.3) is 0 Å². The SMILES string of the molecule is N#Cc1ccccn1.N=S=O. The van der Waals surface area contributed by atoms with Gasteiger partial charge in [-0.25, -0.2) is 9.76 Å². The topological polar surface area (TPSA) is 77.6 Å². The van der Waals surface area contributed by atoms with Gasteiger partial charge in [0.2, 0.25) is 0 Å². The predicted molar refractivity (Wildman–Crippen MR) is 39.8 cm³/mol. The van der Waals surface area contributed by atoms with Crippen LogP contribution in [-0.4, -0.2) is 9.19 Å². The molecular weight excluding hydrogens is 162 g/mol. The lowest BCUT2D eigenvalue weighted by Gasteiger charge is -1.79. The average molecular weight is 167 g/mol. The molecule has 0 aliphatic rings. The van der Waals surface area contributed by atoms with Crippen LogP contribution in [0.5, 0.6) is 0 Å². The van der Waals surface area contributed by atoms with E-state index in [1.54, 1.807) is 24.4 Å². The molecule has 5 heteroatoms. The Morgan fingerprint density at radius 1 is 1.64 bits per heavy atom. The zero-order valence-corrected chi connectivity index (χ0v) is 6.34. The van der Waals surface area contributed by atoms with Crippen LogP contribution in [0.15, 0.2) is 24.4 Å². The summed E-state index contributed by atoms with van der Waals surface area (Å²) in [6, 6.07) is 7.14. The van der Waals surface area contributed by atoms with Crippen LogP contribution in [0.4, 0.5) is 0 Å². The van der Waals surface area contributed by atoms with Gasteiger partial charge in [-0.15, -0.1) is 0 Å². The largest absolute Gasteiger partial charge is 0.246 e. The Morgan fingerprint density at radius 2 is 2.27 bits per heavy atom. The molecule has 0 aliphatic heterocycles. The van der Waals surface area contributed by atoms with Crippen LogP contribution < -0.4 is 0 Å². The molecule has 0 radical (unpaired) electrons. The second kappa shape index (κ2) is 6.58. The number of nitrogens with zero attached hydrogens (tertiary/aromatic N) is 2. The number of hydrogen-bond acceptors (Lipinski definition) is 4. The lowest BCUT2D eigenvalue weighted by Crippen LogP contribution is -1.75. The third kappa shape index (κ3) is 4.93. The van der Waals surface area contributed by atoms with Gasteiger partial charge in [0.05, 0.1) is 0 Å². The van der Waals surface area contributed by atoms with Gasteiger partial charge in [0.1, 0.15) is 11.8 Å². The van der Waals surface area contributed by atoms with Crippen molar-refractivity contribution in [1.29, 1.82) is 10.0 Å². The van der Waals surface area contributed by atoms with Gasteiger partial charge in [0, 0.05) is 6.20 Å². The van der Waals surface area contributed by atoms with Crippen molar-refractivity contribution in [3.05, 3.63) is 30.1 Å². The zero-order valence-electron chi connectivity index (χ0n) is 5.52. The molecule has 0 spiro atoms. The van der Waals surface area contributed by atoms with E-state index in [0.717, 1.165) is 0 Å². The summed E-state index contributed by atoms with van der Waals surface area (Å²) < 4.78 is 14.1. The Bertz CT molecular complexity index is 274. The van der Waals surface area contributed by atoms with E-state index in [4.69, 9.17) is 14.3 Å². The lowest BCUT2D eigenvalue weighted by molar-refractivity contribution is 0.697. The normalized spacial score (nSPS) is 6.82. The molecule has 0 saturated heterocycles. The summed E-state index contributed by atoms with van der Waals surface area (Å²) in [5.74, 6) is 0. The molecule has 0 aliphatic carbocycles. The Hall–Kier alpha value is -1.54. The summed E-state index contributed by atoms with van der Waals surface area (Å²) in [6.07, 6.45) is 1.60. The number of nitrogens with one attached hydrogen (secondary N) is 1. The number of hydrogen-bond donors (Lipinski definition) is 1. The van der Waals surface area contributed by atoms with Crippen molar-refractivity contribution in [2.24, 2.45) is 0 Å². The van der Waals surface area contributed by atoms with E-state index in [9.17, 15) is 0 Å². The summed E-state index contributed by atoms with van der Waals surface area (Å²) in [6.45, 7) is 0. The van der Waals surface area contributed by atoms with Crippen LogP contribution in [0, 0.1) is 16.1 Å². The Labute approximate surface area is 67.5 Å². The Kier molecular flexibility index (Phi) is 5.66. The van der Waals surface area contributed by atoms with E-state index in [2.05, 4.69) is 4.98 Å². The standard InChI is InChI=1S/C6H4N2.HNOS/c7-5-6-3-1-2-4-8-6;1-3-2/h1-4H;1H. The molecule has 1 aromatic heterocycles. The maximum atomic E-state index is 8.51. The molecule has 4 nitrogen and oxygen atoms in total. The minimum Gasteiger partial charge on any atom is -0.246 e. The number of aromatic nitrogens is 1. The van der Waals surface area contributed by atoms with Crippen molar-refractivity contribution in [3.63, 3.8) is 0 Å². The van der Waals surface area contributed by atoms with Crippen LogP contribution in [0.1, 0.15) is 5.69 Å². The van der Waals surface area contributed by atoms with E-state index in [-0.39, 0.29) is 11.5 Å². The van der Waals surface area contributed by atoms with Crippen molar-refractivity contribution in [1.82, 2.24) is 4.98 Å². The number of nitriles is 1. The van der Waals surface area contributed by atoms with Gasteiger partial charge < -0.3 is 0 Å². The first kappa shape index (κ1) is 9.46. The van der Waals surface area contributed by atoms with Crippen molar-refractivity contribution in [2.75, 3.05) is 0 Å². The van der Waals surface area contributed by atoms with Crippen molar-refractivity contribution in [3.8, 4) is 6.07 Å². The summed E-state index contributed by atoms with van der Waals surface area (Å²) in [5.41, 5.74) is 0.465. The second-order valence-corrected chi connectivity index (χ2v) is 1.58. The monoisotopic (exact) mass is 167 g/mol. The van der Waals surface area contributed by atoms with Crippen LogP contribution in [0.3, 0.4) is 0 Å². The first-order chi connectivity index (χ1) is 5.35. The molecule has 1 N–H and O–H groups in total. The Balaban J connectivity index is 0.000000292. The van der Waals surface area contributed by atoms with Crippen LogP contribution in [0.25, 0.3) is 0 Å². The zero-order chi connectivity index (χ0) is 8.53. The minimum absolute atomic E-state index is 0.250. The van der Waals surface area contributed by atoms with Gasteiger partial charge in [-0.05, 0) is 12.1 Å². The molecule has 1 heterocycles. The molecule has 0 atom stereocenters. The van der Waals surface area contributed by atoms with Gasteiger partial charge in [-0.2, -0.15) is 9.47 Å². The van der Waals surface area contributed by atoms with Gasteiger partial charge >= 0.3 is 0 Å². The molecule has 0 aromatic carbocycles. The highest BCUT2D eigenvalue weighted by Crippen LogP contribution is 1.86. The van der Waals surface area contributed by atoms with Crippen molar-refractivity contribution >= 4 is 11.5 Å². The highest BCUT2D eigenvalue weighted by atomic mass is 32.1. The smallest absolute Gasteiger partial charge is 0.196 e. The average Bonchev–Trinajstić information content (AvgIpc) is 2.08. The highest BCUT2D eigenvalue weighted by Gasteiger charge is 1.81. The fourth-order valence-corrected chi connectivity index (χ4v) is 0.429. The number of pyridine rings is 1. The lowest BCUT2D eigenvalue weighted by atomic mass is 10.4. The van der Waals surface area contributed by atoms with Gasteiger partial charge in [-0.1, -0.05) is 6.07 Å².